The molecule has 0 aliphatic rings. The number of carboxylic acid groups (broad SMARTS) is 3. The summed E-state index contributed by atoms with van der Waals surface area (Å²) in [5.41, 5.74) is -3.68. The minimum absolute atomic E-state index is 0.412. The predicted octanol–water partition coefficient (Wildman–Crippen LogP) is -0.835. The molecule has 0 saturated carbocycles. The van der Waals surface area contributed by atoms with Crippen LogP contribution in [0.5, 0.6) is 0 Å². The summed E-state index contributed by atoms with van der Waals surface area (Å²) in [4.78, 5) is 32.1. The van der Waals surface area contributed by atoms with E-state index in [2.05, 4.69) is 6.58 Å². The second-order valence-electron chi connectivity index (χ2n) is 2.74. The van der Waals surface area contributed by atoms with E-state index in [-0.39, 0.29) is 0 Å². The van der Waals surface area contributed by atoms with Crippen LogP contribution in [0.2, 0.25) is 0 Å². The standard InChI is InChI=1S/C8H10O7/c1-4(2-3-9)8(5(10)11,6(12)13)7(14)15/h9H,1-3H2,(H,10,11)(H,12,13)(H,14,15). The second-order valence-corrected chi connectivity index (χ2v) is 2.74. The summed E-state index contributed by atoms with van der Waals surface area (Å²) >= 11 is 0. The SMILES string of the molecule is C=C(CCO)C(C(=O)O)(C(=O)O)C(=O)O. The smallest absolute Gasteiger partial charge is 0.337 e. The van der Waals surface area contributed by atoms with Crippen LogP contribution in [0.25, 0.3) is 0 Å². The fourth-order valence-electron chi connectivity index (χ4n) is 1.05. The van der Waals surface area contributed by atoms with Crippen LogP contribution in [0, 0.1) is 5.41 Å². The number of hydrogen-bond acceptors (Lipinski definition) is 4. The minimum Gasteiger partial charge on any atom is -0.480 e. The highest BCUT2D eigenvalue weighted by atomic mass is 16.4. The van der Waals surface area contributed by atoms with E-state index in [1.165, 1.54) is 0 Å². The molecule has 0 aromatic rings. The number of carboxylic acids is 3. The Morgan fingerprint density at radius 3 is 1.53 bits per heavy atom. The quantitative estimate of drug-likeness (QED) is 0.337. The number of carbonyl (C=O) groups is 3. The topological polar surface area (TPSA) is 132 Å². The molecule has 0 bridgehead atoms. The molecule has 15 heavy (non-hydrogen) atoms. The van der Waals surface area contributed by atoms with Crippen LogP contribution < -0.4 is 0 Å². The highest BCUT2D eigenvalue weighted by Gasteiger charge is 2.56. The largest absolute Gasteiger partial charge is 0.480 e. The lowest BCUT2D eigenvalue weighted by atomic mass is 9.79. The van der Waals surface area contributed by atoms with E-state index in [1.54, 1.807) is 0 Å². The van der Waals surface area contributed by atoms with Crippen molar-refractivity contribution in [3.05, 3.63) is 12.2 Å². The Morgan fingerprint density at radius 1 is 1.00 bits per heavy atom. The average Bonchev–Trinajstić information content (AvgIpc) is 2.02. The van der Waals surface area contributed by atoms with Gasteiger partial charge >= 0.3 is 17.9 Å². The van der Waals surface area contributed by atoms with Gasteiger partial charge in [0.15, 0.2) is 0 Å². The third kappa shape index (κ3) is 1.96. The highest BCUT2D eigenvalue weighted by molar-refractivity contribution is 6.19. The molecule has 84 valence electrons. The minimum atomic E-state index is -3.09. The van der Waals surface area contributed by atoms with E-state index in [0.717, 1.165) is 0 Å². The number of aliphatic carboxylic acids is 3. The Balaban J connectivity index is 5.53. The van der Waals surface area contributed by atoms with E-state index in [0.29, 0.717) is 0 Å². The summed E-state index contributed by atoms with van der Waals surface area (Å²) in [6, 6.07) is 0. The molecule has 0 atom stereocenters. The number of aliphatic hydroxyl groups excluding tert-OH is 1. The Bertz CT molecular complexity index is 281. The summed E-state index contributed by atoms with van der Waals surface area (Å²) in [5, 5.41) is 34.5. The Labute approximate surface area is 84.3 Å². The van der Waals surface area contributed by atoms with Gasteiger partial charge in [-0.25, -0.2) is 14.4 Å². The van der Waals surface area contributed by atoms with Crippen molar-refractivity contribution < 1.29 is 34.8 Å². The molecule has 0 aromatic carbocycles. The first-order chi connectivity index (χ1) is 6.81. The summed E-state index contributed by atoms with van der Waals surface area (Å²) in [7, 11) is 0. The first-order valence-electron chi connectivity index (χ1n) is 3.81. The van der Waals surface area contributed by atoms with Crippen LogP contribution in [-0.2, 0) is 14.4 Å². The zero-order chi connectivity index (χ0) is 12.2. The van der Waals surface area contributed by atoms with E-state index >= 15 is 0 Å². The summed E-state index contributed by atoms with van der Waals surface area (Å²) in [6.45, 7) is 2.50. The van der Waals surface area contributed by atoms with Gasteiger partial charge in [-0.3, -0.25) is 0 Å². The van der Waals surface area contributed by atoms with Crippen LogP contribution in [0.3, 0.4) is 0 Å². The highest BCUT2D eigenvalue weighted by Crippen LogP contribution is 2.30. The molecule has 0 radical (unpaired) electrons. The van der Waals surface area contributed by atoms with Crippen LogP contribution in [0.1, 0.15) is 6.42 Å². The maximum Gasteiger partial charge on any atom is 0.337 e. The third-order valence-electron chi connectivity index (χ3n) is 1.91. The molecule has 0 amide bonds. The molecule has 0 heterocycles. The Kier molecular flexibility index (Phi) is 3.98. The fraction of sp³-hybridized carbons (Fsp3) is 0.375. The molecule has 0 unspecified atom stereocenters. The molecule has 0 aliphatic carbocycles. The van der Waals surface area contributed by atoms with Crippen molar-refractivity contribution in [3.8, 4) is 0 Å². The fourth-order valence-corrected chi connectivity index (χ4v) is 1.05. The van der Waals surface area contributed by atoms with Crippen molar-refractivity contribution in [3.63, 3.8) is 0 Å². The molecule has 0 rings (SSSR count). The lowest BCUT2D eigenvalue weighted by Gasteiger charge is -2.21. The first-order valence-corrected chi connectivity index (χ1v) is 3.81. The summed E-state index contributed by atoms with van der Waals surface area (Å²) < 4.78 is 0. The normalized spacial score (nSPS) is 10.7. The van der Waals surface area contributed by atoms with Crippen LogP contribution in [-0.4, -0.2) is 44.9 Å². The Morgan fingerprint density at radius 2 is 1.33 bits per heavy atom. The molecule has 7 nitrogen and oxygen atoms in total. The van der Waals surface area contributed by atoms with Crippen molar-refractivity contribution >= 4 is 17.9 Å². The van der Waals surface area contributed by atoms with Gasteiger partial charge in [-0.1, -0.05) is 6.58 Å². The molecular weight excluding hydrogens is 208 g/mol. The number of aliphatic hydroxyl groups is 1. The second kappa shape index (κ2) is 4.56. The molecule has 0 aliphatic heterocycles. The predicted molar refractivity (Wildman–Crippen MR) is 46.2 cm³/mol. The van der Waals surface area contributed by atoms with Crippen molar-refractivity contribution in [2.75, 3.05) is 6.61 Å². The van der Waals surface area contributed by atoms with E-state index in [9.17, 15) is 14.4 Å². The van der Waals surface area contributed by atoms with Gasteiger partial charge in [-0.15, -0.1) is 0 Å². The molecule has 4 N–H and O–H groups in total. The molecule has 0 spiro atoms. The van der Waals surface area contributed by atoms with Crippen LogP contribution in [0.4, 0.5) is 0 Å². The average molecular weight is 218 g/mol. The molecule has 0 saturated heterocycles. The molecular formula is C8H10O7. The molecule has 0 fully saturated rings. The van der Waals surface area contributed by atoms with Gasteiger partial charge in [0, 0.05) is 6.61 Å². The summed E-state index contributed by atoms with van der Waals surface area (Å²) in [6.07, 6.45) is -0.412. The molecule has 7 heteroatoms. The van der Waals surface area contributed by atoms with Gasteiger partial charge in [-0.2, -0.15) is 0 Å². The third-order valence-corrected chi connectivity index (χ3v) is 1.91. The van der Waals surface area contributed by atoms with E-state index in [4.69, 9.17) is 20.4 Å². The lowest BCUT2D eigenvalue weighted by molar-refractivity contribution is -0.172. The molecule has 0 aromatic heterocycles. The Hall–Kier alpha value is -1.89. The first kappa shape index (κ1) is 13.1. The zero-order valence-electron chi connectivity index (χ0n) is 7.63. The van der Waals surface area contributed by atoms with Crippen molar-refractivity contribution in [1.29, 1.82) is 0 Å². The van der Waals surface area contributed by atoms with Crippen molar-refractivity contribution in [1.82, 2.24) is 0 Å². The van der Waals surface area contributed by atoms with Gasteiger partial charge in [0.25, 0.3) is 5.41 Å². The van der Waals surface area contributed by atoms with Gasteiger partial charge in [0.05, 0.1) is 0 Å². The lowest BCUT2D eigenvalue weighted by Crippen LogP contribution is -2.48. The summed E-state index contributed by atoms with van der Waals surface area (Å²) in [5.74, 6) is -6.12. The van der Waals surface area contributed by atoms with Gasteiger partial charge in [-0.05, 0) is 12.0 Å². The maximum absolute atomic E-state index is 10.7. The van der Waals surface area contributed by atoms with Gasteiger partial charge < -0.3 is 20.4 Å². The van der Waals surface area contributed by atoms with Crippen molar-refractivity contribution in [2.45, 2.75) is 6.42 Å². The van der Waals surface area contributed by atoms with Crippen molar-refractivity contribution in [2.24, 2.45) is 5.41 Å². The van der Waals surface area contributed by atoms with Crippen LogP contribution >= 0.6 is 0 Å². The zero-order valence-corrected chi connectivity index (χ0v) is 7.63. The van der Waals surface area contributed by atoms with E-state index < -0.39 is 41.9 Å². The van der Waals surface area contributed by atoms with Gasteiger partial charge in [0.1, 0.15) is 0 Å². The number of rotatable bonds is 6. The van der Waals surface area contributed by atoms with Crippen LogP contribution in [0.15, 0.2) is 12.2 Å². The maximum atomic E-state index is 10.7. The monoisotopic (exact) mass is 218 g/mol. The van der Waals surface area contributed by atoms with Gasteiger partial charge in [0.2, 0.25) is 0 Å². The van der Waals surface area contributed by atoms with E-state index in [1.807, 2.05) is 0 Å². The number of hydrogen-bond donors (Lipinski definition) is 4.